The third kappa shape index (κ3) is 10.4. The van der Waals surface area contributed by atoms with Crippen LogP contribution in [-0.2, 0) is 11.3 Å². The molecular weight excluding hydrogens is 424 g/mol. The molecule has 0 spiro atoms. The molecule has 0 aromatic heterocycles. The first kappa shape index (κ1) is 27.5. The third-order valence-electron chi connectivity index (χ3n) is 5.62. The predicted molar refractivity (Wildman–Crippen MR) is 142 cm³/mol. The summed E-state index contributed by atoms with van der Waals surface area (Å²) in [6.45, 7) is 9.37. The van der Waals surface area contributed by atoms with Gasteiger partial charge >= 0.3 is 0 Å². The molecule has 2 aromatic rings. The second-order valence-electron chi connectivity index (χ2n) is 8.77. The number of aryl methyl sites for hydroxylation is 2. The summed E-state index contributed by atoms with van der Waals surface area (Å²) in [5, 5.41) is 4.24. The Morgan fingerprint density at radius 2 is 1.68 bits per heavy atom. The maximum absolute atomic E-state index is 6.10. The van der Waals surface area contributed by atoms with Crippen LogP contribution in [0.15, 0.2) is 59.8 Å². The first-order chi connectivity index (χ1) is 16.5. The lowest BCUT2D eigenvalue weighted by atomic mass is 10.1. The molecule has 0 radical (unpaired) electrons. The second-order valence-corrected chi connectivity index (χ2v) is 8.77. The molecule has 0 aliphatic heterocycles. The number of nitrogens with zero attached hydrogens (tertiary/aromatic N) is 2. The first-order valence-corrected chi connectivity index (χ1v) is 12.3. The van der Waals surface area contributed by atoms with Crippen molar-refractivity contribution < 1.29 is 14.3 Å². The van der Waals surface area contributed by atoms with Gasteiger partial charge in [-0.1, -0.05) is 60.5 Å². The van der Waals surface area contributed by atoms with Crippen LogP contribution >= 0.6 is 0 Å². The average Bonchev–Trinajstić information content (AvgIpc) is 2.81. The zero-order valence-electron chi connectivity index (χ0n) is 21.7. The minimum atomic E-state index is 0.596. The van der Waals surface area contributed by atoms with E-state index in [2.05, 4.69) is 67.3 Å². The smallest absolute Gasteiger partial charge is 0.125 e. The van der Waals surface area contributed by atoms with Crippen molar-refractivity contribution >= 4 is 5.71 Å². The molecule has 0 atom stereocenters. The van der Waals surface area contributed by atoms with E-state index in [-0.39, 0.29) is 0 Å². The first-order valence-electron chi connectivity index (χ1n) is 12.3. The van der Waals surface area contributed by atoms with Crippen LogP contribution in [0, 0.1) is 13.8 Å². The Morgan fingerprint density at radius 1 is 0.971 bits per heavy atom. The molecule has 0 amide bonds. The van der Waals surface area contributed by atoms with Crippen molar-refractivity contribution in [3.63, 3.8) is 0 Å². The molecule has 0 unspecified atom stereocenters. The standard InChI is InChI=1S/C29H42N2O3/c1-6-7-18-33-28-20-24(2)29(25(3)21-28)34-19-14-9-8-13-17-31(4)23-27(30-32-5)22-26-15-11-10-12-16-26/h6-7,10-12,15-16,20-21H,8-9,13-14,17-19,22-23H2,1-5H3/b7-6+,30-27+. The summed E-state index contributed by atoms with van der Waals surface area (Å²) in [6, 6.07) is 14.5. The van der Waals surface area contributed by atoms with Crippen LogP contribution in [0.25, 0.3) is 0 Å². The molecule has 2 rings (SSSR count). The lowest BCUT2D eigenvalue weighted by Gasteiger charge is -2.18. The van der Waals surface area contributed by atoms with Crippen LogP contribution in [0.2, 0.25) is 0 Å². The monoisotopic (exact) mass is 466 g/mol. The highest BCUT2D eigenvalue weighted by molar-refractivity contribution is 5.87. The van der Waals surface area contributed by atoms with Crippen LogP contribution in [0.1, 0.15) is 49.3 Å². The highest BCUT2D eigenvalue weighted by Crippen LogP contribution is 2.28. The Kier molecular flexibility index (Phi) is 12.9. The molecule has 0 heterocycles. The molecule has 186 valence electrons. The van der Waals surface area contributed by atoms with Gasteiger partial charge in [0.25, 0.3) is 0 Å². The molecule has 5 heteroatoms. The molecule has 5 nitrogen and oxygen atoms in total. The Hall–Kier alpha value is -2.79. The van der Waals surface area contributed by atoms with Crippen molar-refractivity contribution in [2.24, 2.45) is 5.16 Å². The van der Waals surface area contributed by atoms with E-state index >= 15 is 0 Å². The maximum atomic E-state index is 6.10. The molecule has 0 bridgehead atoms. The predicted octanol–water partition coefficient (Wildman–Crippen LogP) is 6.37. The van der Waals surface area contributed by atoms with E-state index in [1.165, 1.54) is 24.8 Å². The fourth-order valence-electron chi connectivity index (χ4n) is 3.94. The summed E-state index contributed by atoms with van der Waals surface area (Å²) in [5.41, 5.74) is 4.56. The van der Waals surface area contributed by atoms with Crippen molar-refractivity contribution in [2.75, 3.05) is 40.5 Å². The lowest BCUT2D eigenvalue weighted by Crippen LogP contribution is -2.28. The van der Waals surface area contributed by atoms with E-state index in [0.29, 0.717) is 6.61 Å². The summed E-state index contributed by atoms with van der Waals surface area (Å²) in [7, 11) is 3.76. The van der Waals surface area contributed by atoms with Crippen molar-refractivity contribution in [3.8, 4) is 11.5 Å². The lowest BCUT2D eigenvalue weighted by molar-refractivity contribution is 0.210. The summed E-state index contributed by atoms with van der Waals surface area (Å²) >= 11 is 0. The minimum absolute atomic E-state index is 0.596. The molecule has 0 saturated heterocycles. The molecule has 34 heavy (non-hydrogen) atoms. The van der Waals surface area contributed by atoms with Gasteiger partial charge in [-0.25, -0.2) is 0 Å². The molecular formula is C29H42N2O3. The number of allylic oxidation sites excluding steroid dienone is 1. The summed E-state index contributed by atoms with van der Waals surface area (Å²) in [4.78, 5) is 7.39. The van der Waals surface area contributed by atoms with Gasteiger partial charge in [-0.15, -0.1) is 0 Å². The second kappa shape index (κ2) is 15.9. The molecule has 2 aromatic carbocycles. The van der Waals surface area contributed by atoms with E-state index in [9.17, 15) is 0 Å². The van der Waals surface area contributed by atoms with Crippen molar-refractivity contribution in [1.29, 1.82) is 0 Å². The fourth-order valence-corrected chi connectivity index (χ4v) is 3.94. The minimum Gasteiger partial charge on any atom is -0.493 e. The number of ether oxygens (including phenoxy) is 2. The molecule has 0 saturated carbocycles. The topological polar surface area (TPSA) is 43.3 Å². The van der Waals surface area contributed by atoms with Gasteiger partial charge in [0.15, 0.2) is 0 Å². The van der Waals surface area contributed by atoms with Crippen LogP contribution in [-0.4, -0.2) is 51.1 Å². The zero-order chi connectivity index (χ0) is 24.6. The maximum Gasteiger partial charge on any atom is 0.125 e. The van der Waals surface area contributed by atoms with Gasteiger partial charge in [-0.05, 0) is 76.0 Å². The largest absolute Gasteiger partial charge is 0.493 e. The molecule has 0 aliphatic rings. The number of hydrogen-bond acceptors (Lipinski definition) is 5. The highest BCUT2D eigenvalue weighted by Gasteiger charge is 2.09. The van der Waals surface area contributed by atoms with Crippen LogP contribution < -0.4 is 9.47 Å². The molecule has 0 N–H and O–H groups in total. The Labute approximate surface area is 206 Å². The van der Waals surface area contributed by atoms with Crippen LogP contribution in [0.4, 0.5) is 0 Å². The number of benzene rings is 2. The van der Waals surface area contributed by atoms with Crippen molar-refractivity contribution in [3.05, 3.63) is 71.3 Å². The van der Waals surface area contributed by atoms with E-state index < -0.39 is 0 Å². The van der Waals surface area contributed by atoms with Crippen molar-refractivity contribution in [2.45, 2.75) is 52.9 Å². The Bertz CT molecular complexity index is 870. The summed E-state index contributed by atoms with van der Waals surface area (Å²) in [6.07, 6.45) is 9.40. The normalized spacial score (nSPS) is 11.9. The average molecular weight is 467 g/mol. The number of unbranched alkanes of at least 4 members (excludes halogenated alkanes) is 3. The molecule has 0 fully saturated rings. The van der Waals surface area contributed by atoms with Gasteiger partial charge in [0.1, 0.15) is 25.2 Å². The highest BCUT2D eigenvalue weighted by atomic mass is 16.6. The van der Waals surface area contributed by atoms with Gasteiger partial charge in [0.05, 0.1) is 12.3 Å². The fraction of sp³-hybridized carbons (Fsp3) is 0.483. The SMILES string of the molecule is C/C=C/COc1cc(C)c(OCCCCCCN(C)C/C(Cc2ccccc2)=N/OC)c(C)c1. The third-order valence-corrected chi connectivity index (χ3v) is 5.62. The number of rotatable bonds is 16. The zero-order valence-corrected chi connectivity index (χ0v) is 21.7. The van der Waals surface area contributed by atoms with E-state index in [0.717, 1.165) is 60.9 Å². The van der Waals surface area contributed by atoms with E-state index in [1.807, 2.05) is 25.1 Å². The van der Waals surface area contributed by atoms with Crippen LogP contribution in [0.5, 0.6) is 11.5 Å². The summed E-state index contributed by atoms with van der Waals surface area (Å²) in [5.74, 6) is 1.88. The number of oxime groups is 1. The Balaban J connectivity index is 1.64. The van der Waals surface area contributed by atoms with E-state index in [4.69, 9.17) is 14.3 Å². The molecule has 0 aliphatic carbocycles. The van der Waals surface area contributed by atoms with Crippen LogP contribution in [0.3, 0.4) is 0 Å². The Morgan fingerprint density at radius 3 is 2.35 bits per heavy atom. The summed E-state index contributed by atoms with van der Waals surface area (Å²) < 4.78 is 11.9. The van der Waals surface area contributed by atoms with Gasteiger partial charge in [0, 0.05) is 13.0 Å². The van der Waals surface area contributed by atoms with Gasteiger partial charge in [0.2, 0.25) is 0 Å². The number of hydrogen-bond donors (Lipinski definition) is 0. The van der Waals surface area contributed by atoms with E-state index in [1.54, 1.807) is 7.11 Å². The van der Waals surface area contributed by atoms with Crippen molar-refractivity contribution in [1.82, 2.24) is 4.90 Å². The quantitative estimate of drug-likeness (QED) is 0.125. The van der Waals surface area contributed by atoms with Gasteiger partial charge in [-0.2, -0.15) is 0 Å². The van der Waals surface area contributed by atoms with Gasteiger partial charge in [-0.3, -0.25) is 0 Å². The van der Waals surface area contributed by atoms with Gasteiger partial charge < -0.3 is 19.2 Å².